The summed E-state index contributed by atoms with van der Waals surface area (Å²) >= 11 is 0. The SMILES string of the molecule is COc1ccccc1Oc1ccc(NS(=O)(=O)c2ccc3c(c2)OCCCO3)cc1. The lowest BCUT2D eigenvalue weighted by molar-refractivity contribution is 0.297. The van der Waals surface area contributed by atoms with Crippen molar-refractivity contribution in [1.82, 2.24) is 0 Å². The lowest BCUT2D eigenvalue weighted by Crippen LogP contribution is -2.13. The fourth-order valence-electron chi connectivity index (χ4n) is 2.95. The van der Waals surface area contributed by atoms with Gasteiger partial charge in [-0.2, -0.15) is 0 Å². The predicted molar refractivity (Wildman–Crippen MR) is 112 cm³/mol. The van der Waals surface area contributed by atoms with Crippen LogP contribution in [0.5, 0.6) is 28.7 Å². The van der Waals surface area contributed by atoms with E-state index in [1.807, 2.05) is 12.1 Å². The Hall–Kier alpha value is -3.39. The zero-order valence-corrected chi connectivity index (χ0v) is 17.1. The van der Waals surface area contributed by atoms with Crippen molar-refractivity contribution < 1.29 is 27.4 Å². The second-order valence-corrected chi connectivity index (χ2v) is 8.22. The molecule has 0 atom stereocenters. The molecule has 0 unspecified atom stereocenters. The van der Waals surface area contributed by atoms with Gasteiger partial charge in [0.25, 0.3) is 10.0 Å². The molecule has 0 saturated carbocycles. The highest BCUT2D eigenvalue weighted by Gasteiger charge is 2.19. The van der Waals surface area contributed by atoms with E-state index in [0.29, 0.717) is 47.6 Å². The van der Waals surface area contributed by atoms with E-state index >= 15 is 0 Å². The van der Waals surface area contributed by atoms with Crippen molar-refractivity contribution in [1.29, 1.82) is 0 Å². The Morgan fingerprint density at radius 3 is 2.30 bits per heavy atom. The van der Waals surface area contributed by atoms with Crippen molar-refractivity contribution in [2.24, 2.45) is 0 Å². The van der Waals surface area contributed by atoms with E-state index in [-0.39, 0.29) is 4.90 Å². The first-order valence-corrected chi connectivity index (χ1v) is 10.9. The summed E-state index contributed by atoms with van der Waals surface area (Å²) in [6.45, 7) is 1.03. The smallest absolute Gasteiger partial charge is 0.262 e. The minimum atomic E-state index is -3.79. The van der Waals surface area contributed by atoms with E-state index in [1.165, 1.54) is 12.1 Å². The Bertz CT molecular complexity index is 1130. The Morgan fingerprint density at radius 2 is 1.57 bits per heavy atom. The number of methoxy groups -OCH3 is 1. The summed E-state index contributed by atoms with van der Waals surface area (Å²) in [4.78, 5) is 0.0982. The predicted octanol–water partition coefficient (Wildman–Crippen LogP) is 4.45. The van der Waals surface area contributed by atoms with E-state index in [2.05, 4.69) is 4.72 Å². The molecule has 1 aliphatic rings. The monoisotopic (exact) mass is 427 g/mol. The van der Waals surface area contributed by atoms with E-state index in [0.717, 1.165) is 6.42 Å². The van der Waals surface area contributed by atoms with Crippen LogP contribution in [0, 0.1) is 0 Å². The molecule has 1 heterocycles. The highest BCUT2D eigenvalue weighted by molar-refractivity contribution is 7.92. The zero-order chi connectivity index (χ0) is 21.0. The summed E-state index contributed by atoms with van der Waals surface area (Å²) in [5.41, 5.74) is 0.412. The number of anilines is 1. The van der Waals surface area contributed by atoms with Gasteiger partial charge in [-0.05, 0) is 48.5 Å². The van der Waals surface area contributed by atoms with Gasteiger partial charge in [0.2, 0.25) is 0 Å². The molecule has 3 aromatic rings. The van der Waals surface area contributed by atoms with Gasteiger partial charge < -0.3 is 18.9 Å². The fourth-order valence-corrected chi connectivity index (χ4v) is 4.02. The van der Waals surface area contributed by atoms with Crippen LogP contribution in [-0.4, -0.2) is 28.7 Å². The second-order valence-electron chi connectivity index (χ2n) is 6.54. The minimum absolute atomic E-state index is 0.0982. The van der Waals surface area contributed by atoms with Crippen molar-refractivity contribution >= 4 is 15.7 Å². The topological polar surface area (TPSA) is 83.1 Å². The summed E-state index contributed by atoms with van der Waals surface area (Å²) in [6.07, 6.45) is 0.748. The first kappa shape index (κ1) is 19.9. The van der Waals surface area contributed by atoms with Crippen molar-refractivity contribution in [3.8, 4) is 28.7 Å². The van der Waals surface area contributed by atoms with Crippen molar-refractivity contribution in [2.75, 3.05) is 25.0 Å². The molecule has 8 heteroatoms. The van der Waals surface area contributed by atoms with Crippen molar-refractivity contribution in [3.05, 3.63) is 66.7 Å². The summed E-state index contributed by atoms with van der Waals surface area (Å²) in [5, 5.41) is 0. The number of nitrogens with one attached hydrogen (secondary N) is 1. The quantitative estimate of drug-likeness (QED) is 0.626. The largest absolute Gasteiger partial charge is 0.493 e. The van der Waals surface area contributed by atoms with Gasteiger partial charge in [-0.1, -0.05) is 12.1 Å². The van der Waals surface area contributed by atoms with Gasteiger partial charge in [0, 0.05) is 18.2 Å². The molecule has 0 saturated heterocycles. The molecule has 0 aliphatic carbocycles. The van der Waals surface area contributed by atoms with Crippen LogP contribution >= 0.6 is 0 Å². The lowest BCUT2D eigenvalue weighted by atomic mass is 10.3. The van der Waals surface area contributed by atoms with Crippen LogP contribution < -0.4 is 23.7 Å². The number of sulfonamides is 1. The zero-order valence-electron chi connectivity index (χ0n) is 16.3. The molecule has 0 fully saturated rings. The van der Waals surface area contributed by atoms with Gasteiger partial charge >= 0.3 is 0 Å². The maximum atomic E-state index is 12.8. The van der Waals surface area contributed by atoms with E-state index in [4.69, 9.17) is 18.9 Å². The first-order valence-electron chi connectivity index (χ1n) is 9.38. The number of fused-ring (bicyclic) bond motifs is 1. The molecular formula is C22H21NO6S. The van der Waals surface area contributed by atoms with Gasteiger partial charge in [-0.3, -0.25) is 4.72 Å². The van der Waals surface area contributed by atoms with Crippen molar-refractivity contribution in [3.63, 3.8) is 0 Å². The molecule has 0 bridgehead atoms. The number of hydrogen-bond donors (Lipinski definition) is 1. The van der Waals surface area contributed by atoms with Crippen LogP contribution in [0.3, 0.4) is 0 Å². The summed E-state index contributed by atoms with van der Waals surface area (Å²) in [6, 6.07) is 18.5. The third-order valence-electron chi connectivity index (χ3n) is 4.43. The van der Waals surface area contributed by atoms with Crippen LogP contribution in [0.1, 0.15) is 6.42 Å². The molecule has 1 aliphatic heterocycles. The summed E-state index contributed by atoms with van der Waals surface area (Å²) in [7, 11) is -2.22. The first-order chi connectivity index (χ1) is 14.5. The Morgan fingerprint density at radius 1 is 0.867 bits per heavy atom. The highest BCUT2D eigenvalue weighted by Crippen LogP contribution is 2.33. The molecule has 7 nitrogen and oxygen atoms in total. The molecule has 0 aromatic heterocycles. The molecule has 30 heavy (non-hydrogen) atoms. The van der Waals surface area contributed by atoms with E-state index in [1.54, 1.807) is 49.6 Å². The van der Waals surface area contributed by atoms with Crippen LogP contribution in [0.4, 0.5) is 5.69 Å². The van der Waals surface area contributed by atoms with Crippen LogP contribution in [-0.2, 0) is 10.0 Å². The second kappa shape index (κ2) is 8.54. The normalized spacial score (nSPS) is 13.2. The minimum Gasteiger partial charge on any atom is -0.493 e. The molecule has 4 rings (SSSR count). The third kappa shape index (κ3) is 4.44. The standard InChI is InChI=1S/C22H21NO6S/c1-26-19-5-2-3-6-21(19)29-17-9-7-16(8-10-17)23-30(24,25)18-11-12-20-22(15-18)28-14-4-13-27-20/h2-3,5-12,15,23H,4,13-14H2,1H3. The third-order valence-corrected chi connectivity index (χ3v) is 5.81. The number of benzene rings is 3. The van der Waals surface area contributed by atoms with Crippen LogP contribution in [0.2, 0.25) is 0 Å². The number of rotatable bonds is 6. The molecule has 1 N–H and O–H groups in total. The molecule has 0 radical (unpaired) electrons. The molecule has 0 amide bonds. The molecule has 156 valence electrons. The molecule has 0 spiro atoms. The molecular weight excluding hydrogens is 406 g/mol. The van der Waals surface area contributed by atoms with E-state index in [9.17, 15) is 8.42 Å². The average molecular weight is 427 g/mol. The van der Waals surface area contributed by atoms with Gasteiger partial charge in [-0.15, -0.1) is 0 Å². The van der Waals surface area contributed by atoms with Gasteiger partial charge in [-0.25, -0.2) is 8.42 Å². The summed E-state index contributed by atoms with van der Waals surface area (Å²) < 4.78 is 50.3. The van der Waals surface area contributed by atoms with Crippen LogP contribution in [0.25, 0.3) is 0 Å². The maximum Gasteiger partial charge on any atom is 0.262 e. The Kier molecular flexibility index (Phi) is 5.67. The summed E-state index contributed by atoms with van der Waals surface area (Å²) in [5.74, 6) is 2.70. The Labute approximate surface area is 175 Å². The number of para-hydroxylation sites is 2. The average Bonchev–Trinajstić information content (AvgIpc) is 3.00. The van der Waals surface area contributed by atoms with Gasteiger partial charge in [0.15, 0.2) is 23.0 Å². The van der Waals surface area contributed by atoms with Crippen LogP contribution in [0.15, 0.2) is 71.6 Å². The van der Waals surface area contributed by atoms with Gasteiger partial charge in [0.05, 0.1) is 25.2 Å². The Balaban J connectivity index is 1.49. The number of ether oxygens (including phenoxy) is 4. The lowest BCUT2D eigenvalue weighted by Gasteiger charge is -2.13. The fraction of sp³-hybridized carbons (Fsp3) is 0.182. The number of hydrogen-bond acceptors (Lipinski definition) is 6. The highest BCUT2D eigenvalue weighted by atomic mass is 32.2. The maximum absolute atomic E-state index is 12.8. The molecule has 3 aromatic carbocycles. The van der Waals surface area contributed by atoms with E-state index < -0.39 is 10.0 Å². The van der Waals surface area contributed by atoms with Gasteiger partial charge in [0.1, 0.15) is 5.75 Å². The van der Waals surface area contributed by atoms with Crippen molar-refractivity contribution in [2.45, 2.75) is 11.3 Å².